The highest BCUT2D eigenvalue weighted by molar-refractivity contribution is 6.51. The molecule has 134 valence electrons. The maximum absolute atomic E-state index is 12.9. The summed E-state index contributed by atoms with van der Waals surface area (Å²) in [4.78, 5) is 30.1. The molecular weight excluding hydrogens is 342 g/mol. The molecule has 5 nitrogen and oxygen atoms in total. The first-order chi connectivity index (χ1) is 13.2. The smallest absolute Gasteiger partial charge is 0.365 e. The normalized spacial score (nSPS) is 10.9. The molecule has 3 aromatic rings. The molecule has 0 saturated carbocycles. The summed E-state index contributed by atoms with van der Waals surface area (Å²) < 4.78 is 5.11. The molecule has 0 spiro atoms. The Bertz CT molecular complexity index is 949. The number of hydrogen-bond acceptors (Lipinski definition) is 5. The van der Waals surface area contributed by atoms with E-state index in [-0.39, 0.29) is 11.5 Å². The lowest BCUT2D eigenvalue weighted by atomic mass is 10.0. The van der Waals surface area contributed by atoms with E-state index < -0.39 is 5.97 Å². The summed E-state index contributed by atoms with van der Waals surface area (Å²) in [6, 6.07) is 24.0. The zero-order valence-electron chi connectivity index (χ0n) is 14.7. The Kier molecular flexibility index (Phi) is 5.74. The summed E-state index contributed by atoms with van der Waals surface area (Å²) in [5.41, 5.74) is 1.36. The molecule has 0 saturated heterocycles. The first-order valence-electron chi connectivity index (χ1n) is 8.27. The number of ketones is 1. The maximum atomic E-state index is 12.9. The Morgan fingerprint density at radius 3 is 1.81 bits per heavy atom. The molecule has 0 aromatic heterocycles. The Hall–Kier alpha value is -3.73. The molecule has 0 bridgehead atoms. The Balaban J connectivity index is 1.91. The lowest BCUT2D eigenvalue weighted by Gasteiger charge is -2.07. The van der Waals surface area contributed by atoms with E-state index in [2.05, 4.69) is 5.16 Å². The van der Waals surface area contributed by atoms with Gasteiger partial charge in [0.25, 0.3) is 0 Å². The van der Waals surface area contributed by atoms with Crippen molar-refractivity contribution in [3.63, 3.8) is 0 Å². The van der Waals surface area contributed by atoms with Crippen LogP contribution in [0.15, 0.2) is 90.1 Å². The van der Waals surface area contributed by atoms with Gasteiger partial charge in [0.05, 0.1) is 12.7 Å². The Labute approximate surface area is 156 Å². The van der Waals surface area contributed by atoms with Gasteiger partial charge in [0.15, 0.2) is 5.71 Å². The number of benzene rings is 3. The lowest BCUT2D eigenvalue weighted by molar-refractivity contribution is 0.0516. The van der Waals surface area contributed by atoms with E-state index in [4.69, 9.17) is 9.57 Å². The van der Waals surface area contributed by atoms with E-state index in [0.29, 0.717) is 22.4 Å². The number of rotatable bonds is 6. The number of carbonyl (C=O) groups is 2. The van der Waals surface area contributed by atoms with Crippen molar-refractivity contribution in [2.75, 3.05) is 7.11 Å². The fourth-order valence-corrected chi connectivity index (χ4v) is 2.41. The third-order valence-corrected chi connectivity index (χ3v) is 3.84. The zero-order chi connectivity index (χ0) is 19.1. The van der Waals surface area contributed by atoms with E-state index in [1.807, 2.05) is 6.07 Å². The van der Waals surface area contributed by atoms with Crippen molar-refractivity contribution in [2.45, 2.75) is 0 Å². The molecule has 0 amide bonds. The summed E-state index contributed by atoms with van der Waals surface area (Å²) in [7, 11) is 1.55. The topological polar surface area (TPSA) is 65.0 Å². The summed E-state index contributed by atoms with van der Waals surface area (Å²) >= 11 is 0. The average molecular weight is 359 g/mol. The molecule has 0 heterocycles. The number of hydrogen-bond donors (Lipinski definition) is 0. The lowest BCUT2D eigenvalue weighted by Crippen LogP contribution is -2.17. The van der Waals surface area contributed by atoms with Gasteiger partial charge in [0, 0.05) is 11.1 Å². The molecule has 0 N–H and O–H groups in total. The molecule has 0 aliphatic rings. The minimum absolute atomic E-state index is 0.0463. The minimum Gasteiger partial charge on any atom is -0.497 e. The molecular formula is C22H17NO4. The molecule has 0 fully saturated rings. The third kappa shape index (κ3) is 4.46. The standard InChI is InChI=1S/C22H17NO4/c1-26-19-14-12-17(13-15-19)21(24)20(16-8-4-2-5-9-16)23-27-22(25)18-10-6-3-7-11-18/h2-15H,1H3/b23-20+. The van der Waals surface area contributed by atoms with Gasteiger partial charge in [-0.05, 0) is 36.4 Å². The van der Waals surface area contributed by atoms with Crippen LogP contribution in [0.1, 0.15) is 26.3 Å². The van der Waals surface area contributed by atoms with Gasteiger partial charge in [-0.25, -0.2) is 4.79 Å². The second-order valence-corrected chi connectivity index (χ2v) is 5.61. The van der Waals surface area contributed by atoms with Gasteiger partial charge < -0.3 is 9.57 Å². The number of nitrogens with zero attached hydrogens (tertiary/aromatic N) is 1. The van der Waals surface area contributed by atoms with E-state index >= 15 is 0 Å². The van der Waals surface area contributed by atoms with E-state index in [1.54, 1.807) is 86.0 Å². The van der Waals surface area contributed by atoms with Gasteiger partial charge in [0.1, 0.15) is 5.75 Å². The predicted octanol–water partition coefficient (Wildman–Crippen LogP) is 4.14. The van der Waals surface area contributed by atoms with Crippen LogP contribution in [0.4, 0.5) is 0 Å². The van der Waals surface area contributed by atoms with Gasteiger partial charge in [-0.1, -0.05) is 53.7 Å². The van der Waals surface area contributed by atoms with E-state index in [1.165, 1.54) is 0 Å². The van der Waals surface area contributed by atoms with Crippen LogP contribution in [0.3, 0.4) is 0 Å². The predicted molar refractivity (Wildman–Crippen MR) is 102 cm³/mol. The fraction of sp³-hybridized carbons (Fsp3) is 0.0455. The number of Topliss-reactive ketones (excluding diaryl/α,β-unsaturated/α-hetero) is 1. The maximum Gasteiger partial charge on any atom is 0.365 e. The number of carbonyl (C=O) groups excluding carboxylic acids is 2. The highest BCUT2D eigenvalue weighted by Gasteiger charge is 2.18. The molecule has 0 radical (unpaired) electrons. The zero-order valence-corrected chi connectivity index (χ0v) is 14.7. The van der Waals surface area contributed by atoms with Crippen molar-refractivity contribution in [3.05, 3.63) is 102 Å². The van der Waals surface area contributed by atoms with Crippen molar-refractivity contribution in [1.29, 1.82) is 0 Å². The van der Waals surface area contributed by atoms with Crippen molar-refractivity contribution in [3.8, 4) is 5.75 Å². The van der Waals surface area contributed by atoms with Crippen LogP contribution in [0.25, 0.3) is 0 Å². The van der Waals surface area contributed by atoms with Crippen LogP contribution in [-0.4, -0.2) is 24.6 Å². The van der Waals surface area contributed by atoms with Crippen molar-refractivity contribution in [1.82, 2.24) is 0 Å². The van der Waals surface area contributed by atoms with Gasteiger partial charge in [-0.2, -0.15) is 0 Å². The monoisotopic (exact) mass is 359 g/mol. The number of methoxy groups -OCH3 is 1. The Morgan fingerprint density at radius 2 is 1.26 bits per heavy atom. The average Bonchev–Trinajstić information content (AvgIpc) is 2.75. The quantitative estimate of drug-likeness (QED) is 0.287. The molecule has 0 unspecified atom stereocenters. The fourth-order valence-electron chi connectivity index (χ4n) is 2.41. The van der Waals surface area contributed by atoms with Crippen molar-refractivity contribution < 1.29 is 19.2 Å². The molecule has 5 heteroatoms. The van der Waals surface area contributed by atoms with Crippen LogP contribution in [0.5, 0.6) is 5.75 Å². The first-order valence-corrected chi connectivity index (χ1v) is 8.27. The van der Waals surface area contributed by atoms with Gasteiger partial charge in [-0.3, -0.25) is 4.79 Å². The molecule has 0 aliphatic heterocycles. The van der Waals surface area contributed by atoms with Crippen molar-refractivity contribution >= 4 is 17.5 Å². The van der Waals surface area contributed by atoms with E-state index in [9.17, 15) is 9.59 Å². The molecule has 3 aromatic carbocycles. The van der Waals surface area contributed by atoms with Gasteiger partial charge in [-0.15, -0.1) is 0 Å². The number of ether oxygens (including phenoxy) is 1. The summed E-state index contributed by atoms with van der Waals surface area (Å²) in [6.45, 7) is 0. The van der Waals surface area contributed by atoms with Crippen LogP contribution in [0.2, 0.25) is 0 Å². The Morgan fingerprint density at radius 1 is 0.704 bits per heavy atom. The van der Waals surface area contributed by atoms with Crippen LogP contribution in [-0.2, 0) is 4.84 Å². The highest BCUT2D eigenvalue weighted by Crippen LogP contribution is 2.15. The summed E-state index contributed by atoms with van der Waals surface area (Å²) in [5, 5.41) is 3.88. The van der Waals surface area contributed by atoms with Crippen LogP contribution < -0.4 is 4.74 Å². The first kappa shape index (κ1) is 18.1. The summed E-state index contributed by atoms with van der Waals surface area (Å²) in [5.74, 6) is -0.350. The second kappa shape index (κ2) is 8.58. The highest BCUT2D eigenvalue weighted by atomic mass is 16.7. The summed E-state index contributed by atoms with van der Waals surface area (Å²) in [6.07, 6.45) is 0. The van der Waals surface area contributed by atoms with E-state index in [0.717, 1.165) is 0 Å². The molecule has 27 heavy (non-hydrogen) atoms. The van der Waals surface area contributed by atoms with Crippen LogP contribution in [0, 0.1) is 0 Å². The molecule has 3 rings (SSSR count). The second-order valence-electron chi connectivity index (χ2n) is 5.61. The van der Waals surface area contributed by atoms with Crippen molar-refractivity contribution in [2.24, 2.45) is 5.16 Å². The SMILES string of the molecule is COc1ccc(C(=O)/C(=N/OC(=O)c2ccccc2)c2ccccc2)cc1. The molecule has 0 aliphatic carbocycles. The molecule has 0 atom stereocenters. The number of oxime groups is 1. The largest absolute Gasteiger partial charge is 0.497 e. The van der Waals surface area contributed by atoms with Gasteiger partial charge in [0.2, 0.25) is 5.78 Å². The van der Waals surface area contributed by atoms with Crippen LogP contribution >= 0.6 is 0 Å². The minimum atomic E-state index is -0.633. The van der Waals surface area contributed by atoms with Gasteiger partial charge >= 0.3 is 5.97 Å². The third-order valence-electron chi connectivity index (χ3n) is 3.84.